The fourth-order valence-corrected chi connectivity index (χ4v) is 1.46. The minimum absolute atomic E-state index is 0.0337. The minimum Gasteiger partial charge on any atom is -0.324 e. The summed E-state index contributed by atoms with van der Waals surface area (Å²) in [4.78, 5) is 8.29. The molecule has 15 heavy (non-hydrogen) atoms. The Hall–Kier alpha value is -1.74. The van der Waals surface area contributed by atoms with Gasteiger partial charge < -0.3 is 5.73 Å². The normalized spacial score (nSPS) is 12.3. The molecule has 0 amide bonds. The van der Waals surface area contributed by atoms with E-state index in [2.05, 4.69) is 9.97 Å². The molecule has 3 nitrogen and oxygen atoms in total. The highest BCUT2D eigenvalue weighted by molar-refractivity contribution is 5.16. The van der Waals surface area contributed by atoms with Gasteiger partial charge in [0.1, 0.15) is 0 Å². The highest BCUT2D eigenvalue weighted by Crippen LogP contribution is 2.12. The van der Waals surface area contributed by atoms with Crippen LogP contribution < -0.4 is 5.73 Å². The summed E-state index contributed by atoms with van der Waals surface area (Å²) >= 11 is 0. The predicted molar refractivity (Wildman–Crippen MR) is 59.1 cm³/mol. The molecular weight excluding hydrogens is 186 g/mol. The Bertz CT molecular complexity index is 400. The van der Waals surface area contributed by atoms with Crippen LogP contribution in [0.15, 0.2) is 48.9 Å². The summed E-state index contributed by atoms with van der Waals surface area (Å²) < 4.78 is 0. The Balaban J connectivity index is 2.08. The number of hydrogen-bond donors (Lipinski definition) is 1. The zero-order chi connectivity index (χ0) is 10.5. The van der Waals surface area contributed by atoms with E-state index >= 15 is 0 Å². The number of nitrogens with zero attached hydrogens (tertiary/aromatic N) is 2. The van der Waals surface area contributed by atoms with E-state index in [9.17, 15) is 0 Å². The van der Waals surface area contributed by atoms with Crippen LogP contribution in [-0.4, -0.2) is 9.97 Å². The van der Waals surface area contributed by atoms with Crippen LogP contribution in [0.3, 0.4) is 0 Å². The van der Waals surface area contributed by atoms with Crippen molar-refractivity contribution >= 4 is 0 Å². The van der Waals surface area contributed by atoms with Gasteiger partial charge in [-0.1, -0.05) is 12.1 Å². The Morgan fingerprint density at radius 3 is 2.73 bits per heavy atom. The standard InChI is InChI=1S/C12H13N3/c13-12(10-4-3-6-14-9-10)8-11-5-1-2-7-15-11/h1-7,9,12H,8,13H2/t12-/m1/s1. The van der Waals surface area contributed by atoms with Crippen molar-refractivity contribution in [2.75, 3.05) is 0 Å². The molecule has 3 heteroatoms. The van der Waals surface area contributed by atoms with Crippen molar-refractivity contribution in [3.05, 3.63) is 60.2 Å². The van der Waals surface area contributed by atoms with Gasteiger partial charge in [0, 0.05) is 36.7 Å². The van der Waals surface area contributed by atoms with Crippen molar-refractivity contribution in [2.45, 2.75) is 12.5 Å². The molecule has 0 saturated heterocycles. The molecular formula is C12H13N3. The average Bonchev–Trinajstić information content (AvgIpc) is 2.31. The molecule has 2 aromatic rings. The van der Waals surface area contributed by atoms with Gasteiger partial charge in [0.05, 0.1) is 0 Å². The molecule has 2 rings (SSSR count). The van der Waals surface area contributed by atoms with Gasteiger partial charge in [-0.2, -0.15) is 0 Å². The van der Waals surface area contributed by atoms with E-state index < -0.39 is 0 Å². The lowest BCUT2D eigenvalue weighted by Crippen LogP contribution is -2.14. The largest absolute Gasteiger partial charge is 0.324 e. The Morgan fingerprint density at radius 1 is 1.13 bits per heavy atom. The molecule has 0 aliphatic carbocycles. The molecule has 0 aliphatic rings. The number of aromatic nitrogens is 2. The molecule has 2 N–H and O–H groups in total. The summed E-state index contributed by atoms with van der Waals surface area (Å²) in [5.74, 6) is 0. The molecule has 0 saturated carbocycles. The second kappa shape index (κ2) is 4.66. The summed E-state index contributed by atoms with van der Waals surface area (Å²) in [7, 11) is 0. The van der Waals surface area contributed by atoms with Crippen LogP contribution >= 0.6 is 0 Å². The van der Waals surface area contributed by atoms with Crippen LogP contribution in [0.25, 0.3) is 0 Å². The third kappa shape index (κ3) is 2.60. The van der Waals surface area contributed by atoms with Crippen molar-refractivity contribution in [3.63, 3.8) is 0 Å². The maximum Gasteiger partial charge on any atom is 0.0422 e. The van der Waals surface area contributed by atoms with Gasteiger partial charge in [-0.3, -0.25) is 9.97 Å². The molecule has 76 valence electrons. The molecule has 0 unspecified atom stereocenters. The molecule has 0 bridgehead atoms. The average molecular weight is 199 g/mol. The third-order valence-electron chi connectivity index (χ3n) is 2.27. The fraction of sp³-hybridized carbons (Fsp3) is 0.167. The Kier molecular flexibility index (Phi) is 3.05. The summed E-state index contributed by atoms with van der Waals surface area (Å²) in [5, 5.41) is 0. The van der Waals surface area contributed by atoms with E-state index in [0.29, 0.717) is 0 Å². The monoisotopic (exact) mass is 199 g/mol. The maximum absolute atomic E-state index is 6.05. The second-order valence-electron chi connectivity index (χ2n) is 3.42. The number of pyridine rings is 2. The first-order chi connectivity index (χ1) is 7.36. The lowest BCUT2D eigenvalue weighted by molar-refractivity contribution is 0.703. The van der Waals surface area contributed by atoms with Gasteiger partial charge >= 0.3 is 0 Å². The smallest absolute Gasteiger partial charge is 0.0422 e. The first-order valence-corrected chi connectivity index (χ1v) is 4.91. The summed E-state index contributed by atoms with van der Waals surface area (Å²) in [6, 6.07) is 9.70. The highest BCUT2D eigenvalue weighted by Gasteiger charge is 2.06. The molecule has 0 aromatic carbocycles. The van der Waals surface area contributed by atoms with Crippen LogP contribution in [0.1, 0.15) is 17.3 Å². The van der Waals surface area contributed by atoms with Crippen LogP contribution in [-0.2, 0) is 6.42 Å². The molecule has 1 atom stereocenters. The van der Waals surface area contributed by atoms with E-state index in [0.717, 1.165) is 17.7 Å². The Labute approximate surface area is 89.0 Å². The topological polar surface area (TPSA) is 51.8 Å². The zero-order valence-electron chi connectivity index (χ0n) is 8.38. The van der Waals surface area contributed by atoms with Gasteiger partial charge in [-0.25, -0.2) is 0 Å². The quantitative estimate of drug-likeness (QED) is 0.818. The second-order valence-corrected chi connectivity index (χ2v) is 3.42. The van der Waals surface area contributed by atoms with Gasteiger partial charge in [-0.05, 0) is 23.8 Å². The van der Waals surface area contributed by atoms with Gasteiger partial charge in [0.15, 0.2) is 0 Å². The van der Waals surface area contributed by atoms with E-state index in [4.69, 9.17) is 5.73 Å². The van der Waals surface area contributed by atoms with E-state index in [1.807, 2.05) is 30.3 Å². The lowest BCUT2D eigenvalue weighted by atomic mass is 10.0. The molecule has 0 aliphatic heterocycles. The first-order valence-electron chi connectivity index (χ1n) is 4.91. The van der Waals surface area contributed by atoms with Crippen LogP contribution in [0, 0.1) is 0 Å². The molecule has 2 aromatic heterocycles. The van der Waals surface area contributed by atoms with Crippen molar-refractivity contribution in [3.8, 4) is 0 Å². The summed E-state index contributed by atoms with van der Waals surface area (Å²) in [6.07, 6.45) is 6.07. The van der Waals surface area contributed by atoms with Gasteiger partial charge in [0.2, 0.25) is 0 Å². The van der Waals surface area contributed by atoms with Crippen LogP contribution in [0.5, 0.6) is 0 Å². The van der Waals surface area contributed by atoms with E-state index in [1.54, 1.807) is 18.6 Å². The minimum atomic E-state index is -0.0337. The van der Waals surface area contributed by atoms with Crippen molar-refractivity contribution in [1.29, 1.82) is 0 Å². The van der Waals surface area contributed by atoms with Gasteiger partial charge in [-0.15, -0.1) is 0 Å². The highest BCUT2D eigenvalue weighted by atomic mass is 14.7. The van der Waals surface area contributed by atoms with E-state index in [-0.39, 0.29) is 6.04 Å². The summed E-state index contributed by atoms with van der Waals surface area (Å²) in [6.45, 7) is 0. The molecule has 0 spiro atoms. The summed E-state index contributed by atoms with van der Waals surface area (Å²) in [5.41, 5.74) is 8.10. The number of nitrogens with two attached hydrogens (primary N) is 1. The van der Waals surface area contributed by atoms with Crippen LogP contribution in [0.2, 0.25) is 0 Å². The molecule has 0 radical (unpaired) electrons. The number of hydrogen-bond acceptors (Lipinski definition) is 3. The maximum atomic E-state index is 6.05. The SMILES string of the molecule is N[C@H](Cc1ccccn1)c1cccnc1. The van der Waals surface area contributed by atoms with Crippen molar-refractivity contribution in [1.82, 2.24) is 9.97 Å². The number of rotatable bonds is 3. The molecule has 0 fully saturated rings. The van der Waals surface area contributed by atoms with Crippen molar-refractivity contribution in [2.24, 2.45) is 5.73 Å². The Morgan fingerprint density at radius 2 is 2.07 bits per heavy atom. The third-order valence-corrected chi connectivity index (χ3v) is 2.27. The van der Waals surface area contributed by atoms with E-state index in [1.165, 1.54) is 0 Å². The van der Waals surface area contributed by atoms with Gasteiger partial charge in [0.25, 0.3) is 0 Å². The predicted octanol–water partition coefficient (Wildman–Crippen LogP) is 1.72. The van der Waals surface area contributed by atoms with Crippen LogP contribution in [0.4, 0.5) is 0 Å². The van der Waals surface area contributed by atoms with Crippen molar-refractivity contribution < 1.29 is 0 Å². The fourth-order valence-electron chi connectivity index (χ4n) is 1.46. The first kappa shape index (κ1) is 9.80. The molecule has 2 heterocycles. The lowest BCUT2D eigenvalue weighted by Gasteiger charge is -2.10. The zero-order valence-corrected chi connectivity index (χ0v) is 8.38.